The Hall–Kier alpha value is -2.54. The number of methoxy groups -OCH3 is 1. The fraction of sp³-hybridized carbons (Fsp3) is 0.273. The lowest BCUT2D eigenvalue weighted by Gasteiger charge is -2.25. The van der Waals surface area contributed by atoms with Crippen molar-refractivity contribution in [3.05, 3.63) is 70.0 Å². The monoisotopic (exact) mass is 444 g/mol. The Morgan fingerprint density at radius 3 is 2.43 bits per heavy atom. The maximum Gasteiger partial charge on any atom is 0.259 e. The summed E-state index contributed by atoms with van der Waals surface area (Å²) in [5, 5.41) is 11.6. The van der Waals surface area contributed by atoms with Crippen molar-refractivity contribution in [2.75, 3.05) is 25.5 Å². The van der Waals surface area contributed by atoms with E-state index in [-0.39, 0.29) is 11.8 Å². The largest absolute Gasteiger partial charge is 0.497 e. The molecule has 3 aromatic rings. The number of nitrogens with zero attached hydrogens (tertiary/aromatic N) is 2. The van der Waals surface area contributed by atoms with Crippen LogP contribution in [0.15, 0.2) is 48.7 Å². The van der Waals surface area contributed by atoms with Gasteiger partial charge in [0.2, 0.25) is 0 Å². The van der Waals surface area contributed by atoms with E-state index in [1.54, 1.807) is 31.5 Å². The van der Waals surface area contributed by atoms with Gasteiger partial charge in [-0.05, 0) is 62.3 Å². The molecule has 1 aliphatic heterocycles. The van der Waals surface area contributed by atoms with Gasteiger partial charge in [-0.25, -0.2) is 4.68 Å². The minimum atomic E-state index is -0.279. The summed E-state index contributed by atoms with van der Waals surface area (Å²) in [4.78, 5) is 13.2. The van der Waals surface area contributed by atoms with E-state index in [1.165, 1.54) is 0 Å². The second-order valence-corrected chi connectivity index (χ2v) is 7.94. The number of anilines is 1. The highest BCUT2D eigenvalue weighted by Gasteiger charge is 2.27. The van der Waals surface area contributed by atoms with Gasteiger partial charge >= 0.3 is 0 Å². The van der Waals surface area contributed by atoms with Crippen molar-refractivity contribution in [2.45, 2.75) is 18.8 Å². The number of hydrogen-bond acceptors (Lipinski definition) is 4. The fourth-order valence-corrected chi connectivity index (χ4v) is 4.24. The Morgan fingerprint density at radius 2 is 1.80 bits per heavy atom. The maximum absolute atomic E-state index is 13.2. The summed E-state index contributed by atoms with van der Waals surface area (Å²) in [6.45, 7) is 1.80. The Kier molecular flexibility index (Phi) is 6.27. The van der Waals surface area contributed by atoms with E-state index in [4.69, 9.17) is 27.9 Å². The molecule has 0 radical (unpaired) electrons. The SMILES string of the molecule is COc1ccc(-n2ncc(C(=O)Nc3c(Cl)cccc3Cl)c2C2CCNCC2)cc1. The van der Waals surface area contributed by atoms with E-state index >= 15 is 0 Å². The van der Waals surface area contributed by atoms with Crippen LogP contribution >= 0.6 is 23.2 Å². The van der Waals surface area contributed by atoms with Gasteiger partial charge in [0.1, 0.15) is 5.75 Å². The van der Waals surface area contributed by atoms with Crippen molar-refractivity contribution in [1.29, 1.82) is 0 Å². The number of halogens is 2. The minimum Gasteiger partial charge on any atom is -0.497 e. The summed E-state index contributed by atoms with van der Waals surface area (Å²) in [5.41, 5.74) is 2.69. The molecule has 8 heteroatoms. The Bertz CT molecular complexity index is 1020. The summed E-state index contributed by atoms with van der Waals surface area (Å²) < 4.78 is 7.10. The van der Waals surface area contributed by atoms with E-state index in [9.17, 15) is 4.79 Å². The van der Waals surface area contributed by atoms with E-state index in [1.807, 2.05) is 28.9 Å². The molecule has 1 aromatic heterocycles. The molecule has 4 rings (SSSR count). The smallest absolute Gasteiger partial charge is 0.259 e. The number of amides is 1. The molecule has 2 heterocycles. The van der Waals surface area contributed by atoms with Crippen LogP contribution in [-0.2, 0) is 0 Å². The summed E-state index contributed by atoms with van der Waals surface area (Å²) in [5.74, 6) is 0.692. The van der Waals surface area contributed by atoms with Gasteiger partial charge in [-0.15, -0.1) is 0 Å². The first-order valence-corrected chi connectivity index (χ1v) is 10.5. The molecular formula is C22H22Cl2N4O2. The first-order chi connectivity index (χ1) is 14.6. The van der Waals surface area contributed by atoms with E-state index in [2.05, 4.69) is 15.7 Å². The number of hydrogen-bond donors (Lipinski definition) is 2. The van der Waals surface area contributed by atoms with Crippen LogP contribution in [0.1, 0.15) is 34.8 Å². The van der Waals surface area contributed by atoms with Gasteiger partial charge in [-0.3, -0.25) is 4.79 Å². The van der Waals surface area contributed by atoms with Gasteiger partial charge < -0.3 is 15.4 Å². The van der Waals surface area contributed by atoms with Crippen molar-refractivity contribution >= 4 is 34.8 Å². The second-order valence-electron chi connectivity index (χ2n) is 7.13. The molecule has 1 fully saturated rings. The zero-order valence-electron chi connectivity index (χ0n) is 16.5. The number of rotatable bonds is 5. The number of carbonyl (C=O) groups is 1. The number of ether oxygens (including phenoxy) is 1. The lowest BCUT2D eigenvalue weighted by Crippen LogP contribution is -2.29. The molecule has 2 aromatic carbocycles. The van der Waals surface area contributed by atoms with Crippen LogP contribution in [0.4, 0.5) is 5.69 Å². The van der Waals surface area contributed by atoms with Crippen molar-refractivity contribution in [3.63, 3.8) is 0 Å². The average Bonchev–Trinajstić information content (AvgIpc) is 3.22. The van der Waals surface area contributed by atoms with Crippen LogP contribution < -0.4 is 15.4 Å². The van der Waals surface area contributed by atoms with Gasteiger partial charge in [-0.2, -0.15) is 5.10 Å². The molecule has 0 aliphatic carbocycles. The molecule has 1 aliphatic rings. The molecule has 0 bridgehead atoms. The fourth-order valence-electron chi connectivity index (χ4n) is 3.75. The van der Waals surface area contributed by atoms with Crippen molar-refractivity contribution in [2.24, 2.45) is 0 Å². The Morgan fingerprint density at radius 1 is 1.13 bits per heavy atom. The van der Waals surface area contributed by atoms with E-state index < -0.39 is 0 Å². The van der Waals surface area contributed by atoms with Gasteiger partial charge in [0.25, 0.3) is 5.91 Å². The van der Waals surface area contributed by atoms with E-state index in [0.717, 1.165) is 43.1 Å². The highest BCUT2D eigenvalue weighted by atomic mass is 35.5. The molecule has 1 amide bonds. The Labute approximate surface area is 185 Å². The van der Waals surface area contributed by atoms with Gasteiger partial charge in [-0.1, -0.05) is 29.3 Å². The Balaban J connectivity index is 1.73. The van der Waals surface area contributed by atoms with Crippen LogP contribution in [0.5, 0.6) is 5.75 Å². The van der Waals surface area contributed by atoms with E-state index in [0.29, 0.717) is 21.3 Å². The summed E-state index contributed by atoms with van der Waals surface area (Å²) in [7, 11) is 1.63. The summed E-state index contributed by atoms with van der Waals surface area (Å²) in [6, 6.07) is 12.8. The highest BCUT2D eigenvalue weighted by Crippen LogP contribution is 2.33. The normalized spacial score (nSPS) is 14.5. The summed E-state index contributed by atoms with van der Waals surface area (Å²) in [6.07, 6.45) is 3.46. The third kappa shape index (κ3) is 4.17. The van der Waals surface area contributed by atoms with Crippen LogP contribution in [-0.4, -0.2) is 35.9 Å². The number of aromatic nitrogens is 2. The standard InChI is InChI=1S/C22H22Cl2N4O2/c1-30-16-7-5-15(6-8-16)28-21(14-9-11-25-12-10-14)17(13-26-28)22(29)27-20-18(23)3-2-4-19(20)24/h2-8,13-14,25H,9-12H2,1H3,(H,27,29). The number of para-hydroxylation sites is 1. The maximum atomic E-state index is 13.2. The van der Waals surface area contributed by atoms with Crippen molar-refractivity contribution in [3.8, 4) is 11.4 Å². The summed E-state index contributed by atoms with van der Waals surface area (Å²) >= 11 is 12.5. The molecule has 0 atom stereocenters. The van der Waals surface area contributed by atoms with Crippen LogP contribution in [0, 0.1) is 0 Å². The zero-order valence-corrected chi connectivity index (χ0v) is 18.0. The van der Waals surface area contributed by atoms with Gasteiger partial charge in [0.15, 0.2) is 0 Å². The molecule has 156 valence electrons. The quantitative estimate of drug-likeness (QED) is 0.586. The zero-order chi connectivity index (χ0) is 21.1. The molecular weight excluding hydrogens is 423 g/mol. The predicted molar refractivity (Wildman–Crippen MR) is 119 cm³/mol. The average molecular weight is 445 g/mol. The van der Waals surface area contributed by atoms with Crippen LogP contribution in [0.3, 0.4) is 0 Å². The van der Waals surface area contributed by atoms with Gasteiger partial charge in [0.05, 0.1) is 46.0 Å². The molecule has 0 saturated carbocycles. The lowest BCUT2D eigenvalue weighted by molar-refractivity contribution is 0.102. The topological polar surface area (TPSA) is 68.2 Å². The van der Waals surface area contributed by atoms with Crippen molar-refractivity contribution in [1.82, 2.24) is 15.1 Å². The third-order valence-corrected chi connectivity index (χ3v) is 5.93. The highest BCUT2D eigenvalue weighted by molar-refractivity contribution is 6.40. The number of carbonyl (C=O) groups excluding carboxylic acids is 1. The van der Waals surface area contributed by atoms with Gasteiger partial charge in [0, 0.05) is 5.92 Å². The van der Waals surface area contributed by atoms with Crippen molar-refractivity contribution < 1.29 is 9.53 Å². The second kappa shape index (κ2) is 9.08. The number of piperidine rings is 1. The molecule has 2 N–H and O–H groups in total. The van der Waals surface area contributed by atoms with Crippen LogP contribution in [0.25, 0.3) is 5.69 Å². The molecule has 0 unspecified atom stereocenters. The number of benzene rings is 2. The minimum absolute atomic E-state index is 0.207. The molecule has 0 spiro atoms. The van der Waals surface area contributed by atoms with Crippen LogP contribution in [0.2, 0.25) is 10.0 Å². The predicted octanol–water partition coefficient (Wildman–Crippen LogP) is 4.91. The molecule has 6 nitrogen and oxygen atoms in total. The first-order valence-electron chi connectivity index (χ1n) is 9.77. The third-order valence-electron chi connectivity index (χ3n) is 5.30. The lowest BCUT2D eigenvalue weighted by atomic mass is 9.91. The molecule has 1 saturated heterocycles. The number of nitrogens with one attached hydrogen (secondary N) is 2. The first kappa shape index (κ1) is 20.7. The molecule has 30 heavy (non-hydrogen) atoms.